The van der Waals surface area contributed by atoms with Crippen molar-refractivity contribution in [2.24, 2.45) is 0 Å². The van der Waals surface area contributed by atoms with E-state index in [1.165, 1.54) is 0 Å². The highest BCUT2D eigenvalue weighted by Crippen LogP contribution is 1.38. The Labute approximate surface area is 76.4 Å². The predicted octanol–water partition coefficient (Wildman–Crippen LogP) is 3.37. The van der Waals surface area contributed by atoms with E-state index in [0.29, 0.717) is 0 Å². The Hall–Kier alpha value is -1.15. The molecule has 0 aliphatic rings. The first-order valence-electron chi connectivity index (χ1n) is 1.49. The van der Waals surface area contributed by atoms with Gasteiger partial charge in [-0.1, -0.05) is 6.08 Å². The van der Waals surface area contributed by atoms with Crippen molar-refractivity contribution in [3.8, 4) is 0 Å². The van der Waals surface area contributed by atoms with E-state index >= 15 is 0 Å². The number of allylic oxidation sites excluding steroid dienone is 1. The van der Waals surface area contributed by atoms with E-state index in [0.717, 1.165) is 0 Å². The third-order valence-corrected chi connectivity index (χ3v) is 0. The minimum atomic E-state index is 0. The molecule has 0 fully saturated rings. The summed E-state index contributed by atoms with van der Waals surface area (Å²) >= 11 is 0. The van der Waals surface area contributed by atoms with E-state index in [4.69, 9.17) is 0 Å². The molecule has 0 unspecified atom stereocenters. The van der Waals surface area contributed by atoms with E-state index in [1.54, 1.807) is 6.08 Å². The average Bonchev–Trinajstić information content (AvgIpc) is 1.46. The molecule has 0 aromatic carbocycles. The van der Waals surface area contributed by atoms with Crippen molar-refractivity contribution in [3.05, 3.63) is 25.8 Å². The molecule has 0 bridgehead atoms. The van der Waals surface area contributed by atoms with E-state index in [-0.39, 0.29) is 42.3 Å². The van der Waals surface area contributed by atoms with Crippen LogP contribution in [0.5, 0.6) is 0 Å². The lowest BCUT2D eigenvalue weighted by Crippen LogP contribution is -1.07. The van der Waals surface area contributed by atoms with Gasteiger partial charge in [0.1, 0.15) is 0 Å². The molecule has 0 heterocycles. The minimum Gasteiger partial charge on any atom is -0.269 e. The molecule has 0 aliphatic carbocycles. The highest BCUT2D eigenvalue weighted by Gasteiger charge is 1.15. The zero-order valence-electron chi connectivity index (χ0n) is 7.37. The van der Waals surface area contributed by atoms with E-state index < -0.39 is 0 Å². The van der Waals surface area contributed by atoms with Crippen molar-refractivity contribution < 1.29 is 42.3 Å². The SMILES string of the molecule is C=C.C=CC.F.F.F.F.F.F.F.F.F. The van der Waals surface area contributed by atoms with E-state index in [1.807, 2.05) is 6.92 Å². The fraction of sp³-hybridized carbons (Fsp3) is 0.200. The van der Waals surface area contributed by atoms with Gasteiger partial charge < -0.3 is 0 Å². The van der Waals surface area contributed by atoms with Crippen LogP contribution in [-0.4, -0.2) is 0 Å². The van der Waals surface area contributed by atoms with Crippen molar-refractivity contribution in [3.63, 3.8) is 0 Å². The van der Waals surface area contributed by atoms with E-state index in [9.17, 15) is 0 Å². The summed E-state index contributed by atoms with van der Waals surface area (Å²) in [6.07, 6.45) is 1.75. The van der Waals surface area contributed by atoms with Crippen LogP contribution in [-0.2, 0) is 0 Å². The first kappa shape index (κ1) is 527. The molecule has 0 aliphatic heterocycles. The maximum Gasteiger partial charge on any atom is -0.0473 e. The lowest BCUT2D eigenvalue weighted by Gasteiger charge is -1.31. The van der Waals surface area contributed by atoms with Crippen LogP contribution in [0.2, 0.25) is 0 Å². The highest BCUT2D eigenvalue weighted by atomic mass is 19.0. The van der Waals surface area contributed by atoms with Crippen LogP contribution < -0.4 is 0 Å². The molecular weight excluding hydrogens is 231 g/mol. The van der Waals surface area contributed by atoms with Crippen molar-refractivity contribution in [2.75, 3.05) is 0 Å². The largest absolute Gasteiger partial charge is 0.269 e. The van der Waals surface area contributed by atoms with Crippen molar-refractivity contribution >= 4 is 0 Å². The standard InChI is InChI=1S/C3H6.C2H4.9FH/c1-3-2;1-2;;;;;;;;;/h3H,1H2,2H3;1-2H2;9*1H. The van der Waals surface area contributed by atoms with Crippen LogP contribution in [0.25, 0.3) is 0 Å². The van der Waals surface area contributed by atoms with Crippen LogP contribution in [0.15, 0.2) is 25.8 Å². The van der Waals surface area contributed by atoms with Gasteiger partial charge in [0.2, 0.25) is 0 Å². The molecule has 0 atom stereocenters. The molecule has 0 spiro atoms. The smallest absolute Gasteiger partial charge is 0.0473 e. The Bertz CT molecular complexity index is 27.2. The summed E-state index contributed by atoms with van der Waals surface area (Å²) in [6.45, 7) is 11.2. The number of halogens is 9. The fourth-order valence-corrected chi connectivity index (χ4v) is 0. The van der Waals surface area contributed by atoms with Gasteiger partial charge in [-0.05, 0) is 6.92 Å². The van der Waals surface area contributed by atoms with Gasteiger partial charge in [0, 0.05) is 0 Å². The molecule has 0 N–H and O–H groups in total. The van der Waals surface area contributed by atoms with Gasteiger partial charge >= 0.3 is 0 Å². The second-order valence-corrected chi connectivity index (χ2v) is 0.408. The van der Waals surface area contributed by atoms with Crippen molar-refractivity contribution in [1.82, 2.24) is 0 Å². The van der Waals surface area contributed by atoms with Crippen molar-refractivity contribution in [1.29, 1.82) is 0 Å². The Morgan fingerprint density at radius 2 is 0.571 bits per heavy atom. The summed E-state index contributed by atoms with van der Waals surface area (Å²) in [4.78, 5) is 0. The minimum absolute atomic E-state index is 0. The van der Waals surface area contributed by atoms with Gasteiger partial charge in [-0.2, -0.15) is 0 Å². The van der Waals surface area contributed by atoms with Crippen LogP contribution in [0, 0.1) is 0 Å². The maximum absolute atomic E-state index is 3.36. The lowest BCUT2D eigenvalue weighted by atomic mass is 10.8. The Morgan fingerprint density at radius 3 is 0.571 bits per heavy atom. The van der Waals surface area contributed by atoms with Gasteiger partial charge in [0.15, 0.2) is 0 Å². The van der Waals surface area contributed by atoms with Gasteiger partial charge in [0.05, 0.1) is 0 Å². The maximum atomic E-state index is 3.36. The molecule has 102 valence electrons. The summed E-state index contributed by atoms with van der Waals surface area (Å²) in [7, 11) is 0. The van der Waals surface area contributed by atoms with Gasteiger partial charge in [-0.25, -0.2) is 0 Å². The monoisotopic (exact) mass is 250 g/mol. The third kappa shape index (κ3) is 796. The van der Waals surface area contributed by atoms with Gasteiger partial charge in [-0.3, -0.25) is 42.3 Å². The molecule has 0 saturated carbocycles. The topological polar surface area (TPSA) is 0 Å². The second-order valence-electron chi connectivity index (χ2n) is 0.408. The van der Waals surface area contributed by atoms with Crippen LogP contribution in [0.3, 0.4) is 0 Å². The summed E-state index contributed by atoms with van der Waals surface area (Å²) in [5.74, 6) is 0. The number of hydrogen-bond acceptors (Lipinski definition) is 0. The summed E-state index contributed by atoms with van der Waals surface area (Å²) < 4.78 is 0. The summed E-state index contributed by atoms with van der Waals surface area (Å²) in [5.41, 5.74) is 0. The van der Waals surface area contributed by atoms with Crippen LogP contribution in [0.1, 0.15) is 6.92 Å². The average molecular weight is 250 g/mol. The zero-order chi connectivity index (χ0) is 4.71. The van der Waals surface area contributed by atoms with Crippen LogP contribution in [0.4, 0.5) is 42.3 Å². The molecule has 0 rings (SSSR count). The highest BCUT2D eigenvalue weighted by molar-refractivity contribution is 4.51. The zero-order valence-corrected chi connectivity index (χ0v) is 7.37. The molecule has 0 aromatic rings. The molecule has 0 saturated heterocycles. The molecule has 0 nitrogen and oxygen atoms in total. The summed E-state index contributed by atoms with van der Waals surface area (Å²) in [6, 6.07) is 0. The fourth-order valence-electron chi connectivity index (χ4n) is 0. The van der Waals surface area contributed by atoms with Crippen LogP contribution >= 0.6 is 0 Å². The predicted molar refractivity (Wildman–Crippen MR) is 49.7 cm³/mol. The lowest BCUT2D eigenvalue weighted by molar-refractivity contribution is 1.11. The molecule has 0 amide bonds. The van der Waals surface area contributed by atoms with Crippen molar-refractivity contribution in [2.45, 2.75) is 6.92 Å². The number of hydrogen-bond donors (Lipinski definition) is 0. The second kappa shape index (κ2) is 62000. The Balaban J connectivity index is -0.000000000884. The Morgan fingerprint density at radius 1 is 0.571 bits per heavy atom. The third-order valence-electron chi connectivity index (χ3n) is 0. The van der Waals surface area contributed by atoms with Gasteiger partial charge in [-0.15, -0.1) is 19.7 Å². The molecule has 0 radical (unpaired) electrons. The molecule has 14 heavy (non-hydrogen) atoms. The molecular formula is C5H19F9. The Kier molecular flexibility index (Phi) is 2330000. The molecule has 0 aromatic heterocycles. The normalized spacial score (nSPS) is 1.21. The molecule has 9 heteroatoms. The summed E-state index contributed by atoms with van der Waals surface area (Å²) in [5, 5.41) is 0. The van der Waals surface area contributed by atoms with Gasteiger partial charge in [0.25, 0.3) is 0 Å². The first-order chi connectivity index (χ1) is 2.41. The quantitative estimate of drug-likeness (QED) is 0.456. The first-order valence-corrected chi connectivity index (χ1v) is 1.49. The van der Waals surface area contributed by atoms with E-state index in [2.05, 4.69) is 19.7 Å². The number of rotatable bonds is 0.